The zero-order valence-corrected chi connectivity index (χ0v) is 8.16. The molecule has 0 aromatic carbocycles. The molecule has 1 heterocycles. The van der Waals surface area contributed by atoms with Crippen molar-refractivity contribution in [3.8, 4) is 0 Å². The van der Waals surface area contributed by atoms with Gasteiger partial charge in [-0.3, -0.25) is 0 Å². The van der Waals surface area contributed by atoms with Crippen LogP contribution in [-0.2, 0) is 0 Å². The first-order valence-corrected chi connectivity index (χ1v) is 4.24. The highest BCUT2D eigenvalue weighted by Gasteiger charge is 2.22. The molecule has 1 atom stereocenters. The largest absolute Gasteiger partial charge is 0.319 e. The highest BCUT2D eigenvalue weighted by molar-refractivity contribution is 6.33. The van der Waals surface area contributed by atoms with Crippen molar-refractivity contribution in [2.45, 2.75) is 12.5 Å². The Hall–Kier alpha value is -0.520. The summed E-state index contributed by atoms with van der Waals surface area (Å²) in [4.78, 5) is 3.32. The van der Waals surface area contributed by atoms with E-state index >= 15 is 0 Å². The molecule has 0 aliphatic rings. The minimum atomic E-state index is -2.84. The number of hydrogen-bond donors (Lipinski definition) is 1. The van der Waals surface area contributed by atoms with Gasteiger partial charge in [-0.05, 0) is 6.07 Å². The third-order valence-electron chi connectivity index (χ3n) is 1.54. The first-order valence-electron chi connectivity index (χ1n) is 3.48. The topological polar surface area (TPSA) is 38.9 Å². The van der Waals surface area contributed by atoms with Gasteiger partial charge in [0.2, 0.25) is 0 Å². The molecule has 0 saturated heterocycles. The summed E-state index contributed by atoms with van der Waals surface area (Å²) in [5.74, 6) is -0.929. The maximum atomic E-state index is 12.8. The number of alkyl halides is 2. The zero-order valence-electron chi connectivity index (χ0n) is 6.65. The van der Waals surface area contributed by atoms with Crippen LogP contribution in [0.3, 0.4) is 0 Å². The van der Waals surface area contributed by atoms with E-state index < -0.39 is 23.4 Å². The van der Waals surface area contributed by atoms with Gasteiger partial charge in [0.25, 0.3) is 6.43 Å². The van der Waals surface area contributed by atoms with E-state index in [2.05, 4.69) is 4.98 Å². The Balaban J connectivity index is 3.15. The molecule has 7 heteroatoms. The summed E-state index contributed by atoms with van der Waals surface area (Å²) in [7, 11) is 0. The molecule has 2 nitrogen and oxygen atoms in total. The molecule has 0 fully saturated rings. The molecule has 2 N–H and O–H groups in total. The quantitative estimate of drug-likeness (QED) is 0.813. The van der Waals surface area contributed by atoms with Crippen molar-refractivity contribution in [3.05, 3.63) is 27.8 Å². The number of nitrogens with zero attached hydrogens (tertiary/aromatic N) is 1. The number of hydrogen-bond acceptors (Lipinski definition) is 2. The lowest BCUT2D eigenvalue weighted by Gasteiger charge is -2.12. The van der Waals surface area contributed by atoms with Gasteiger partial charge in [0, 0.05) is 5.56 Å². The van der Waals surface area contributed by atoms with Crippen molar-refractivity contribution in [2.75, 3.05) is 0 Å². The molecule has 0 amide bonds. The molecule has 0 saturated carbocycles. The molecule has 0 aliphatic heterocycles. The number of pyridine rings is 1. The van der Waals surface area contributed by atoms with Crippen molar-refractivity contribution < 1.29 is 13.2 Å². The first-order chi connectivity index (χ1) is 6.43. The van der Waals surface area contributed by atoms with E-state index in [-0.39, 0.29) is 10.7 Å². The predicted octanol–water partition coefficient (Wildman–Crippen LogP) is 2.79. The van der Waals surface area contributed by atoms with Crippen molar-refractivity contribution >= 4 is 23.2 Å². The summed E-state index contributed by atoms with van der Waals surface area (Å²) < 4.78 is 37.1. The summed E-state index contributed by atoms with van der Waals surface area (Å²) in [5, 5.41) is -0.788. The molecule has 1 aromatic heterocycles. The average molecular weight is 245 g/mol. The second kappa shape index (κ2) is 4.33. The fraction of sp³-hybridized carbons (Fsp3) is 0.286. The van der Waals surface area contributed by atoms with Crippen LogP contribution in [0.5, 0.6) is 0 Å². The normalized spacial score (nSPS) is 13.4. The van der Waals surface area contributed by atoms with Gasteiger partial charge in [-0.2, -0.15) is 0 Å². The molecule has 0 bridgehead atoms. The lowest BCUT2D eigenvalue weighted by molar-refractivity contribution is 0.116. The molecule has 0 aliphatic carbocycles. The van der Waals surface area contributed by atoms with Crippen LogP contribution in [-0.4, -0.2) is 11.4 Å². The minimum Gasteiger partial charge on any atom is -0.319 e. The first kappa shape index (κ1) is 11.6. The molecule has 1 unspecified atom stereocenters. The highest BCUT2D eigenvalue weighted by Crippen LogP contribution is 2.27. The van der Waals surface area contributed by atoms with E-state index in [0.717, 1.165) is 6.07 Å². The summed E-state index contributed by atoms with van der Waals surface area (Å²) in [6.45, 7) is 0. The van der Waals surface area contributed by atoms with Gasteiger partial charge in [-0.15, -0.1) is 0 Å². The van der Waals surface area contributed by atoms with Gasteiger partial charge >= 0.3 is 0 Å². The Labute approximate surface area is 87.8 Å². The molecule has 0 radical (unpaired) electrons. The van der Waals surface area contributed by atoms with Gasteiger partial charge in [-0.25, -0.2) is 18.2 Å². The smallest absolute Gasteiger partial charge is 0.257 e. The van der Waals surface area contributed by atoms with Gasteiger partial charge in [0.1, 0.15) is 5.15 Å². The number of aromatic nitrogens is 1. The lowest BCUT2D eigenvalue weighted by Crippen LogP contribution is -2.20. The van der Waals surface area contributed by atoms with Gasteiger partial charge in [0.05, 0.1) is 6.04 Å². The summed E-state index contributed by atoms with van der Waals surface area (Å²) >= 11 is 10.7. The Bertz CT molecular complexity index is 346. The average Bonchev–Trinajstić information content (AvgIpc) is 2.10. The van der Waals surface area contributed by atoms with E-state index in [1.165, 1.54) is 0 Å². The van der Waals surface area contributed by atoms with E-state index in [9.17, 15) is 13.2 Å². The van der Waals surface area contributed by atoms with Gasteiger partial charge < -0.3 is 5.73 Å². The number of rotatable bonds is 2. The third-order valence-corrected chi connectivity index (χ3v) is 2.11. The number of nitrogens with two attached hydrogens (primary N) is 1. The van der Waals surface area contributed by atoms with Crippen molar-refractivity contribution in [3.63, 3.8) is 0 Å². The fourth-order valence-corrected chi connectivity index (χ4v) is 1.28. The zero-order chi connectivity index (χ0) is 10.9. The van der Waals surface area contributed by atoms with Crippen LogP contribution >= 0.6 is 23.2 Å². The van der Waals surface area contributed by atoms with Crippen LogP contribution in [0.4, 0.5) is 13.2 Å². The van der Waals surface area contributed by atoms with Gasteiger partial charge in [0.15, 0.2) is 11.0 Å². The molecule has 14 heavy (non-hydrogen) atoms. The SMILES string of the molecule is NC(c1cc(F)c(Cl)nc1Cl)C(F)F. The maximum absolute atomic E-state index is 12.8. The van der Waals surface area contributed by atoms with Crippen molar-refractivity contribution in [1.29, 1.82) is 0 Å². The van der Waals surface area contributed by atoms with Crippen LogP contribution in [0, 0.1) is 5.82 Å². The molecular weight excluding hydrogens is 240 g/mol. The maximum Gasteiger partial charge on any atom is 0.257 e. The number of halogens is 5. The molecular formula is C7H5Cl2F3N2. The summed E-state index contributed by atoms with van der Waals surface area (Å²) in [6, 6.07) is -0.907. The van der Waals surface area contributed by atoms with Crippen LogP contribution in [0.15, 0.2) is 6.07 Å². The van der Waals surface area contributed by atoms with Crippen molar-refractivity contribution in [2.24, 2.45) is 5.73 Å². The van der Waals surface area contributed by atoms with Gasteiger partial charge in [-0.1, -0.05) is 23.2 Å². The Kier molecular flexibility index (Phi) is 3.58. The molecule has 0 spiro atoms. The highest BCUT2D eigenvalue weighted by atomic mass is 35.5. The van der Waals surface area contributed by atoms with E-state index in [0.29, 0.717) is 0 Å². The standard InChI is InChI=1S/C7H5Cl2F3N2/c8-5-2(4(13)7(11)12)1-3(10)6(9)14-5/h1,4,7H,13H2. The minimum absolute atomic E-state index is 0.261. The molecule has 1 aromatic rings. The molecule has 1 rings (SSSR count). The van der Waals surface area contributed by atoms with E-state index in [4.69, 9.17) is 28.9 Å². The van der Waals surface area contributed by atoms with Crippen LogP contribution in [0.2, 0.25) is 10.3 Å². The predicted molar refractivity (Wildman–Crippen MR) is 47.1 cm³/mol. The van der Waals surface area contributed by atoms with Crippen LogP contribution in [0.25, 0.3) is 0 Å². The Morgan fingerprint density at radius 1 is 1.29 bits per heavy atom. The van der Waals surface area contributed by atoms with E-state index in [1.54, 1.807) is 0 Å². The Morgan fingerprint density at radius 3 is 2.36 bits per heavy atom. The third kappa shape index (κ3) is 2.29. The van der Waals surface area contributed by atoms with Crippen molar-refractivity contribution in [1.82, 2.24) is 4.98 Å². The fourth-order valence-electron chi connectivity index (χ4n) is 0.829. The second-order valence-corrected chi connectivity index (χ2v) is 3.22. The Morgan fingerprint density at radius 2 is 1.86 bits per heavy atom. The molecule has 78 valence electrons. The second-order valence-electron chi connectivity index (χ2n) is 2.50. The summed E-state index contributed by atoms with van der Waals surface area (Å²) in [6.07, 6.45) is -2.84. The van der Waals surface area contributed by atoms with Crippen LogP contribution in [0.1, 0.15) is 11.6 Å². The lowest BCUT2D eigenvalue weighted by atomic mass is 10.1. The van der Waals surface area contributed by atoms with E-state index in [1.807, 2.05) is 0 Å². The summed E-state index contributed by atoms with van der Waals surface area (Å²) in [5.41, 5.74) is 4.81. The van der Waals surface area contributed by atoms with Crippen LogP contribution < -0.4 is 5.73 Å². The monoisotopic (exact) mass is 244 g/mol.